The molecule has 1 heterocycles. The molecule has 24 heavy (non-hydrogen) atoms. The maximum atomic E-state index is 5.58. The van der Waals surface area contributed by atoms with E-state index in [2.05, 4.69) is 32.9 Å². The van der Waals surface area contributed by atoms with Crippen LogP contribution in [-0.2, 0) is 18.3 Å². The zero-order chi connectivity index (χ0) is 16.5. The predicted molar refractivity (Wildman–Crippen MR) is 108 cm³/mol. The number of guanidine groups is 1. The van der Waals surface area contributed by atoms with Crippen LogP contribution >= 0.6 is 24.0 Å². The molecule has 0 aliphatic rings. The van der Waals surface area contributed by atoms with Crippen LogP contribution in [0.3, 0.4) is 0 Å². The number of methoxy groups -OCH3 is 1. The molecular formula is C17H26IN5O. The van der Waals surface area contributed by atoms with Crippen LogP contribution in [0.15, 0.2) is 47.6 Å². The van der Waals surface area contributed by atoms with E-state index < -0.39 is 0 Å². The smallest absolute Gasteiger partial charge is 0.191 e. The summed E-state index contributed by atoms with van der Waals surface area (Å²) >= 11 is 0. The van der Waals surface area contributed by atoms with Gasteiger partial charge in [-0.25, -0.2) is 4.99 Å². The molecule has 2 aromatic rings. The highest BCUT2D eigenvalue weighted by atomic mass is 127. The molecule has 0 aliphatic heterocycles. The van der Waals surface area contributed by atoms with E-state index in [1.165, 1.54) is 0 Å². The standard InChI is InChI=1S/C17H25N5O.HI/c1-4-18-17(19-12-15-10-11-21-22(15)2)20-13-16(23-3)14-8-6-5-7-9-14;/h5-11,16H,4,12-13H2,1-3H3,(H2,18,19,20);1H. The van der Waals surface area contributed by atoms with Gasteiger partial charge >= 0.3 is 0 Å². The van der Waals surface area contributed by atoms with Crippen LogP contribution in [0.25, 0.3) is 0 Å². The summed E-state index contributed by atoms with van der Waals surface area (Å²) in [6.45, 7) is 4.08. The van der Waals surface area contributed by atoms with Gasteiger partial charge in [0.15, 0.2) is 5.96 Å². The SMILES string of the molecule is CCNC(=NCc1ccnn1C)NCC(OC)c1ccccc1.I. The van der Waals surface area contributed by atoms with Gasteiger partial charge in [-0.3, -0.25) is 4.68 Å². The maximum Gasteiger partial charge on any atom is 0.191 e. The Morgan fingerprint density at radius 3 is 2.58 bits per heavy atom. The zero-order valence-electron chi connectivity index (χ0n) is 14.4. The Bertz CT molecular complexity index is 614. The third-order valence-electron chi connectivity index (χ3n) is 3.58. The topological polar surface area (TPSA) is 63.5 Å². The van der Waals surface area contributed by atoms with Crippen LogP contribution in [0, 0.1) is 0 Å². The highest BCUT2D eigenvalue weighted by Gasteiger charge is 2.10. The predicted octanol–water partition coefficient (Wildman–Crippen LogP) is 2.48. The first-order valence-corrected chi connectivity index (χ1v) is 7.81. The Balaban J connectivity index is 0.00000288. The maximum absolute atomic E-state index is 5.58. The van der Waals surface area contributed by atoms with Gasteiger partial charge in [-0.2, -0.15) is 5.10 Å². The molecule has 2 rings (SSSR count). The summed E-state index contributed by atoms with van der Waals surface area (Å²) in [6, 6.07) is 12.1. The van der Waals surface area contributed by atoms with Gasteiger partial charge in [0.2, 0.25) is 0 Å². The molecule has 1 aromatic heterocycles. The van der Waals surface area contributed by atoms with Crippen LogP contribution < -0.4 is 10.6 Å². The van der Waals surface area contributed by atoms with Crippen molar-refractivity contribution in [2.45, 2.75) is 19.6 Å². The molecule has 0 spiro atoms. The lowest BCUT2D eigenvalue weighted by molar-refractivity contribution is 0.106. The molecule has 1 unspecified atom stereocenters. The number of hydrogen-bond acceptors (Lipinski definition) is 3. The number of aromatic nitrogens is 2. The summed E-state index contributed by atoms with van der Waals surface area (Å²) in [5, 5.41) is 10.7. The average molecular weight is 443 g/mol. The quantitative estimate of drug-likeness (QED) is 0.392. The number of hydrogen-bond donors (Lipinski definition) is 2. The Labute approximate surface area is 160 Å². The van der Waals surface area contributed by atoms with Crippen molar-refractivity contribution in [1.82, 2.24) is 20.4 Å². The average Bonchev–Trinajstić information content (AvgIpc) is 2.99. The first-order chi connectivity index (χ1) is 11.2. The summed E-state index contributed by atoms with van der Waals surface area (Å²) in [5.41, 5.74) is 2.21. The second-order valence-corrected chi connectivity index (χ2v) is 5.16. The minimum atomic E-state index is -0.0169. The van der Waals surface area contributed by atoms with Crippen molar-refractivity contribution in [1.29, 1.82) is 0 Å². The van der Waals surface area contributed by atoms with Gasteiger partial charge in [0.25, 0.3) is 0 Å². The van der Waals surface area contributed by atoms with Crippen LogP contribution in [0.5, 0.6) is 0 Å². The fourth-order valence-corrected chi connectivity index (χ4v) is 2.25. The van der Waals surface area contributed by atoms with E-state index in [-0.39, 0.29) is 30.1 Å². The Morgan fingerprint density at radius 2 is 2.00 bits per heavy atom. The highest BCUT2D eigenvalue weighted by molar-refractivity contribution is 14.0. The van der Waals surface area contributed by atoms with Crippen molar-refractivity contribution in [2.75, 3.05) is 20.2 Å². The third kappa shape index (κ3) is 6.12. The van der Waals surface area contributed by atoms with E-state index in [1.54, 1.807) is 13.3 Å². The monoisotopic (exact) mass is 443 g/mol. The molecule has 0 aliphatic carbocycles. The highest BCUT2D eigenvalue weighted by Crippen LogP contribution is 2.14. The lowest BCUT2D eigenvalue weighted by Gasteiger charge is -2.18. The summed E-state index contributed by atoms with van der Waals surface area (Å²) in [6.07, 6.45) is 1.76. The summed E-state index contributed by atoms with van der Waals surface area (Å²) in [7, 11) is 3.64. The Morgan fingerprint density at radius 1 is 1.25 bits per heavy atom. The van der Waals surface area contributed by atoms with E-state index in [4.69, 9.17) is 4.74 Å². The van der Waals surface area contributed by atoms with Crippen molar-refractivity contribution < 1.29 is 4.74 Å². The van der Waals surface area contributed by atoms with E-state index in [0.717, 1.165) is 23.8 Å². The Kier molecular flexibility index (Phi) is 9.39. The molecule has 1 aromatic carbocycles. The van der Waals surface area contributed by atoms with Crippen LogP contribution in [0.1, 0.15) is 24.3 Å². The minimum Gasteiger partial charge on any atom is -0.375 e. The number of nitrogens with one attached hydrogen (secondary N) is 2. The van der Waals surface area contributed by atoms with Gasteiger partial charge < -0.3 is 15.4 Å². The first-order valence-electron chi connectivity index (χ1n) is 7.81. The van der Waals surface area contributed by atoms with E-state index in [9.17, 15) is 0 Å². The molecule has 0 saturated carbocycles. The van der Waals surface area contributed by atoms with Crippen molar-refractivity contribution in [3.05, 3.63) is 53.9 Å². The summed E-state index contributed by atoms with van der Waals surface area (Å²) in [4.78, 5) is 4.59. The fourth-order valence-electron chi connectivity index (χ4n) is 2.25. The minimum absolute atomic E-state index is 0. The molecule has 2 N–H and O–H groups in total. The van der Waals surface area contributed by atoms with E-state index >= 15 is 0 Å². The first kappa shape index (κ1) is 20.4. The molecule has 0 saturated heterocycles. The number of aryl methyl sites for hydroxylation is 1. The molecule has 0 amide bonds. The van der Waals surface area contributed by atoms with Crippen LogP contribution in [0.4, 0.5) is 0 Å². The van der Waals surface area contributed by atoms with Crippen LogP contribution in [0.2, 0.25) is 0 Å². The number of ether oxygens (including phenoxy) is 1. The van der Waals surface area contributed by atoms with Gasteiger partial charge in [-0.05, 0) is 18.6 Å². The number of benzene rings is 1. The van der Waals surface area contributed by atoms with Crippen LogP contribution in [-0.4, -0.2) is 35.9 Å². The number of rotatable bonds is 7. The lowest BCUT2D eigenvalue weighted by atomic mass is 10.1. The largest absolute Gasteiger partial charge is 0.375 e. The fraction of sp³-hybridized carbons (Fsp3) is 0.412. The number of halogens is 1. The van der Waals surface area contributed by atoms with Crippen molar-refractivity contribution >= 4 is 29.9 Å². The normalized spacial score (nSPS) is 12.4. The van der Waals surface area contributed by atoms with Gasteiger partial charge in [0, 0.05) is 33.4 Å². The van der Waals surface area contributed by atoms with Crippen molar-refractivity contribution in [3.8, 4) is 0 Å². The second-order valence-electron chi connectivity index (χ2n) is 5.16. The number of aliphatic imine (C=N–C) groups is 1. The molecule has 7 heteroatoms. The third-order valence-corrected chi connectivity index (χ3v) is 3.58. The van der Waals surface area contributed by atoms with Gasteiger partial charge in [0.05, 0.1) is 18.3 Å². The van der Waals surface area contributed by atoms with Gasteiger partial charge in [-0.1, -0.05) is 30.3 Å². The summed E-state index contributed by atoms with van der Waals surface area (Å²) < 4.78 is 7.40. The molecule has 0 fully saturated rings. The van der Waals surface area contributed by atoms with E-state index in [0.29, 0.717) is 13.1 Å². The van der Waals surface area contributed by atoms with Crippen molar-refractivity contribution in [3.63, 3.8) is 0 Å². The molecule has 132 valence electrons. The molecular weight excluding hydrogens is 417 g/mol. The Hall–Kier alpha value is -1.61. The zero-order valence-corrected chi connectivity index (χ0v) is 16.7. The summed E-state index contributed by atoms with van der Waals surface area (Å²) in [5.74, 6) is 0.770. The van der Waals surface area contributed by atoms with E-state index in [1.807, 2.05) is 42.9 Å². The molecule has 0 radical (unpaired) electrons. The molecule has 6 nitrogen and oxygen atoms in total. The number of nitrogens with zero attached hydrogens (tertiary/aromatic N) is 3. The second kappa shape index (κ2) is 11.0. The molecule has 0 bridgehead atoms. The molecule has 1 atom stereocenters. The van der Waals surface area contributed by atoms with Gasteiger partial charge in [-0.15, -0.1) is 24.0 Å². The van der Waals surface area contributed by atoms with Gasteiger partial charge in [0.1, 0.15) is 0 Å². The lowest BCUT2D eigenvalue weighted by Crippen LogP contribution is -2.39. The van der Waals surface area contributed by atoms with Crippen molar-refractivity contribution in [2.24, 2.45) is 12.0 Å².